The van der Waals surface area contributed by atoms with E-state index in [2.05, 4.69) is 29.2 Å². The van der Waals surface area contributed by atoms with Crippen molar-refractivity contribution >= 4 is 12.0 Å². The summed E-state index contributed by atoms with van der Waals surface area (Å²) in [6.07, 6.45) is 4.33. The summed E-state index contributed by atoms with van der Waals surface area (Å²) in [5.41, 5.74) is 2.71. The van der Waals surface area contributed by atoms with Gasteiger partial charge in [0.15, 0.2) is 0 Å². The average Bonchev–Trinajstić information content (AvgIpc) is 2.93. The topological polar surface area (TPSA) is 51.2 Å². The Balaban J connectivity index is 1.34. The van der Waals surface area contributed by atoms with Crippen molar-refractivity contribution in [3.05, 3.63) is 95.6 Å². The summed E-state index contributed by atoms with van der Waals surface area (Å²) >= 11 is 0. The molecule has 0 aliphatic carbocycles. The Bertz CT molecular complexity index is 1140. The number of rotatable bonds is 10. The predicted molar refractivity (Wildman–Crippen MR) is 143 cm³/mol. The monoisotopic (exact) mass is 486 g/mol. The first kappa shape index (κ1) is 25.3. The van der Waals surface area contributed by atoms with Crippen LogP contribution in [0.2, 0.25) is 0 Å². The molecule has 1 aliphatic rings. The first-order valence-corrected chi connectivity index (χ1v) is 12.4. The Morgan fingerprint density at radius 2 is 1.61 bits per heavy atom. The van der Waals surface area contributed by atoms with Crippen LogP contribution in [0.3, 0.4) is 0 Å². The summed E-state index contributed by atoms with van der Waals surface area (Å²) in [6, 6.07) is 23.4. The highest BCUT2D eigenvalue weighted by Gasteiger charge is 2.22. The maximum Gasteiger partial charge on any atom is 0.253 e. The standard InChI is InChI=1S/C30H34N2O4/c1-3-35-29-16-11-25(22-26(29)23-36-28-14-12-27(34-2)13-15-28)30(33)32-20-18-31(19-21-32)17-7-10-24-8-5-4-6-9-24/h4-16,22H,3,17-21,23H2,1-2H3/b10-7+. The fourth-order valence-electron chi connectivity index (χ4n) is 4.17. The summed E-state index contributed by atoms with van der Waals surface area (Å²) < 4.78 is 17.0. The second kappa shape index (κ2) is 12.8. The van der Waals surface area contributed by atoms with Crippen molar-refractivity contribution in [1.82, 2.24) is 9.80 Å². The van der Waals surface area contributed by atoms with Crippen LogP contribution in [-0.2, 0) is 6.61 Å². The van der Waals surface area contributed by atoms with Crippen molar-refractivity contribution in [2.75, 3.05) is 46.4 Å². The highest BCUT2D eigenvalue weighted by molar-refractivity contribution is 5.94. The van der Waals surface area contributed by atoms with Gasteiger partial charge >= 0.3 is 0 Å². The number of carbonyl (C=O) groups is 1. The number of carbonyl (C=O) groups excluding carboxylic acids is 1. The lowest BCUT2D eigenvalue weighted by molar-refractivity contribution is 0.0650. The summed E-state index contributed by atoms with van der Waals surface area (Å²) in [4.78, 5) is 17.6. The zero-order chi connectivity index (χ0) is 25.2. The smallest absolute Gasteiger partial charge is 0.253 e. The van der Waals surface area contributed by atoms with Crippen LogP contribution in [-0.4, -0.2) is 62.1 Å². The molecule has 0 aromatic heterocycles. The van der Waals surface area contributed by atoms with Gasteiger partial charge < -0.3 is 19.1 Å². The number of methoxy groups -OCH3 is 1. The minimum atomic E-state index is 0.0447. The molecular weight excluding hydrogens is 452 g/mol. The summed E-state index contributed by atoms with van der Waals surface area (Å²) in [7, 11) is 1.63. The molecule has 0 N–H and O–H groups in total. The Morgan fingerprint density at radius 3 is 2.31 bits per heavy atom. The second-order valence-electron chi connectivity index (χ2n) is 8.63. The first-order chi connectivity index (χ1) is 17.7. The highest BCUT2D eigenvalue weighted by Crippen LogP contribution is 2.25. The third-order valence-corrected chi connectivity index (χ3v) is 6.19. The lowest BCUT2D eigenvalue weighted by Gasteiger charge is -2.34. The molecule has 3 aromatic rings. The van der Waals surface area contributed by atoms with E-state index in [-0.39, 0.29) is 5.91 Å². The van der Waals surface area contributed by atoms with E-state index >= 15 is 0 Å². The molecule has 4 rings (SSSR count). The molecule has 6 heteroatoms. The van der Waals surface area contributed by atoms with E-state index in [0.717, 1.165) is 42.4 Å². The number of nitrogens with zero attached hydrogens (tertiary/aromatic N) is 2. The van der Waals surface area contributed by atoms with Crippen LogP contribution in [0.5, 0.6) is 17.2 Å². The number of amides is 1. The van der Waals surface area contributed by atoms with E-state index in [1.165, 1.54) is 5.56 Å². The zero-order valence-electron chi connectivity index (χ0n) is 21.1. The van der Waals surface area contributed by atoms with Gasteiger partial charge in [-0.3, -0.25) is 9.69 Å². The van der Waals surface area contributed by atoms with Crippen molar-refractivity contribution in [2.45, 2.75) is 13.5 Å². The molecule has 6 nitrogen and oxygen atoms in total. The van der Waals surface area contributed by atoms with E-state index in [1.54, 1.807) is 7.11 Å². The van der Waals surface area contributed by atoms with Gasteiger partial charge in [-0.2, -0.15) is 0 Å². The van der Waals surface area contributed by atoms with Crippen molar-refractivity contribution in [2.24, 2.45) is 0 Å². The normalized spacial score (nSPS) is 14.1. The Labute approximate surface area is 213 Å². The molecule has 3 aromatic carbocycles. The molecule has 36 heavy (non-hydrogen) atoms. The molecule has 1 saturated heterocycles. The van der Waals surface area contributed by atoms with E-state index in [9.17, 15) is 4.79 Å². The Morgan fingerprint density at radius 1 is 0.889 bits per heavy atom. The lowest BCUT2D eigenvalue weighted by atomic mass is 10.1. The summed E-state index contributed by atoms with van der Waals surface area (Å²) in [5, 5.41) is 0. The third-order valence-electron chi connectivity index (χ3n) is 6.19. The van der Waals surface area contributed by atoms with Crippen LogP contribution >= 0.6 is 0 Å². The van der Waals surface area contributed by atoms with E-state index in [4.69, 9.17) is 14.2 Å². The van der Waals surface area contributed by atoms with Crippen LogP contribution in [0.1, 0.15) is 28.4 Å². The van der Waals surface area contributed by atoms with Crippen molar-refractivity contribution in [1.29, 1.82) is 0 Å². The minimum absolute atomic E-state index is 0.0447. The Kier molecular flexibility index (Phi) is 9.00. The van der Waals surface area contributed by atoms with Crippen LogP contribution in [0.15, 0.2) is 78.9 Å². The Hall–Kier alpha value is -3.77. The molecule has 1 aliphatic heterocycles. The van der Waals surface area contributed by atoms with Gasteiger partial charge in [0.1, 0.15) is 23.9 Å². The van der Waals surface area contributed by atoms with Crippen LogP contribution < -0.4 is 14.2 Å². The van der Waals surface area contributed by atoms with Gasteiger partial charge in [0, 0.05) is 43.9 Å². The minimum Gasteiger partial charge on any atom is -0.497 e. The van der Waals surface area contributed by atoms with Crippen LogP contribution in [0.4, 0.5) is 0 Å². The van der Waals surface area contributed by atoms with Crippen molar-refractivity contribution in [3.8, 4) is 17.2 Å². The first-order valence-electron chi connectivity index (χ1n) is 12.4. The van der Waals surface area contributed by atoms with Gasteiger partial charge in [-0.05, 0) is 55.0 Å². The SMILES string of the molecule is CCOc1ccc(C(=O)N2CCN(C/C=C/c3ccccc3)CC2)cc1COc1ccc(OC)cc1. The van der Waals surface area contributed by atoms with Crippen molar-refractivity contribution in [3.63, 3.8) is 0 Å². The van der Waals surface area contributed by atoms with Gasteiger partial charge in [0.2, 0.25) is 0 Å². The molecule has 1 fully saturated rings. The molecule has 0 radical (unpaired) electrons. The van der Waals surface area contributed by atoms with Gasteiger partial charge in [0.25, 0.3) is 5.91 Å². The van der Waals surface area contributed by atoms with Gasteiger partial charge in [0.05, 0.1) is 13.7 Å². The maximum atomic E-state index is 13.3. The average molecular weight is 487 g/mol. The quantitative estimate of drug-likeness (QED) is 0.397. The maximum absolute atomic E-state index is 13.3. The molecule has 1 heterocycles. The fraction of sp³-hybridized carbons (Fsp3) is 0.300. The number of piperazine rings is 1. The number of hydrogen-bond acceptors (Lipinski definition) is 5. The van der Waals surface area contributed by atoms with E-state index in [0.29, 0.717) is 31.9 Å². The number of ether oxygens (including phenoxy) is 3. The van der Waals surface area contributed by atoms with Crippen LogP contribution in [0, 0.1) is 0 Å². The third kappa shape index (κ3) is 6.89. The van der Waals surface area contributed by atoms with E-state index in [1.807, 2.05) is 72.5 Å². The molecule has 188 valence electrons. The van der Waals surface area contributed by atoms with Gasteiger partial charge in [-0.25, -0.2) is 0 Å². The molecule has 1 amide bonds. The van der Waals surface area contributed by atoms with Crippen molar-refractivity contribution < 1.29 is 19.0 Å². The fourth-order valence-corrected chi connectivity index (χ4v) is 4.17. The van der Waals surface area contributed by atoms with Gasteiger partial charge in [-0.1, -0.05) is 42.5 Å². The molecule has 0 bridgehead atoms. The lowest BCUT2D eigenvalue weighted by Crippen LogP contribution is -2.48. The number of benzene rings is 3. The van der Waals surface area contributed by atoms with Crippen LogP contribution in [0.25, 0.3) is 6.08 Å². The van der Waals surface area contributed by atoms with Gasteiger partial charge in [-0.15, -0.1) is 0 Å². The molecule has 0 atom stereocenters. The molecule has 0 spiro atoms. The molecule has 0 unspecified atom stereocenters. The summed E-state index contributed by atoms with van der Waals surface area (Å²) in [6.45, 7) is 6.82. The predicted octanol–water partition coefficient (Wildman–Crippen LogP) is 5.14. The number of hydrogen-bond donors (Lipinski definition) is 0. The highest BCUT2D eigenvalue weighted by atomic mass is 16.5. The largest absolute Gasteiger partial charge is 0.497 e. The summed E-state index contributed by atoms with van der Waals surface area (Å²) in [5.74, 6) is 2.28. The second-order valence-corrected chi connectivity index (χ2v) is 8.63. The zero-order valence-corrected chi connectivity index (χ0v) is 21.1. The molecule has 0 saturated carbocycles. The van der Waals surface area contributed by atoms with E-state index < -0.39 is 0 Å². The molecular formula is C30H34N2O4.